The second-order valence-electron chi connectivity index (χ2n) is 5.77. The summed E-state index contributed by atoms with van der Waals surface area (Å²) < 4.78 is 0. The Morgan fingerprint density at radius 2 is 1.91 bits per heavy atom. The number of aromatic nitrogens is 1. The van der Waals surface area contributed by atoms with Crippen molar-refractivity contribution in [3.8, 4) is 0 Å². The van der Waals surface area contributed by atoms with Gasteiger partial charge in [-0.25, -0.2) is 4.98 Å². The van der Waals surface area contributed by atoms with E-state index in [0.29, 0.717) is 11.6 Å². The smallest absolute Gasteiger partial charge is 0.313 e. The maximum Gasteiger partial charge on any atom is 0.313 e. The Morgan fingerprint density at radius 3 is 2.52 bits per heavy atom. The highest BCUT2D eigenvalue weighted by molar-refractivity contribution is 7.09. The molecule has 0 unspecified atom stereocenters. The second-order valence-corrected chi connectivity index (χ2v) is 6.66. The lowest BCUT2D eigenvalue weighted by atomic mass is 10.1. The molecule has 0 saturated carbocycles. The normalized spacial score (nSPS) is 10.7. The Morgan fingerprint density at radius 1 is 1.17 bits per heavy atom. The average molecular weight is 331 g/mol. The third-order valence-electron chi connectivity index (χ3n) is 3.46. The molecule has 2 N–H and O–H groups in total. The third kappa shape index (κ3) is 4.63. The Kier molecular flexibility index (Phi) is 5.50. The number of nitrogens with one attached hydrogen (secondary N) is 2. The van der Waals surface area contributed by atoms with E-state index in [1.165, 1.54) is 0 Å². The number of aryl methyl sites for hydroxylation is 2. The van der Waals surface area contributed by atoms with Crippen LogP contribution in [0.4, 0.5) is 5.69 Å². The van der Waals surface area contributed by atoms with Crippen LogP contribution in [0.15, 0.2) is 23.6 Å². The molecule has 6 heteroatoms. The number of rotatable bonds is 4. The number of carbonyl (C=O) groups is 2. The lowest BCUT2D eigenvalue weighted by molar-refractivity contribution is -0.136. The van der Waals surface area contributed by atoms with Gasteiger partial charge in [-0.1, -0.05) is 19.9 Å². The van der Waals surface area contributed by atoms with Gasteiger partial charge in [0.05, 0.1) is 17.2 Å². The van der Waals surface area contributed by atoms with Crippen LogP contribution in [0.25, 0.3) is 0 Å². The van der Waals surface area contributed by atoms with Gasteiger partial charge in [-0.2, -0.15) is 0 Å². The number of nitrogens with zero attached hydrogens (tertiary/aromatic N) is 1. The number of hydrogen-bond donors (Lipinski definition) is 2. The number of carbonyl (C=O) groups excluding carboxylic acids is 2. The van der Waals surface area contributed by atoms with Gasteiger partial charge in [0.2, 0.25) is 0 Å². The monoisotopic (exact) mass is 331 g/mol. The second kappa shape index (κ2) is 7.37. The van der Waals surface area contributed by atoms with Crippen LogP contribution in [-0.2, 0) is 16.1 Å². The molecule has 5 nitrogen and oxygen atoms in total. The van der Waals surface area contributed by atoms with Crippen molar-refractivity contribution in [2.75, 3.05) is 5.32 Å². The fraction of sp³-hybridized carbons (Fsp3) is 0.353. The first-order valence-electron chi connectivity index (χ1n) is 7.47. The molecule has 122 valence electrons. The molecule has 0 atom stereocenters. The number of benzene rings is 1. The van der Waals surface area contributed by atoms with Crippen molar-refractivity contribution in [1.29, 1.82) is 0 Å². The van der Waals surface area contributed by atoms with Gasteiger partial charge in [-0.05, 0) is 37.1 Å². The summed E-state index contributed by atoms with van der Waals surface area (Å²) in [6.45, 7) is 8.34. The van der Waals surface area contributed by atoms with Crippen molar-refractivity contribution >= 4 is 28.8 Å². The largest absolute Gasteiger partial charge is 0.342 e. The van der Waals surface area contributed by atoms with Crippen LogP contribution in [0.1, 0.15) is 41.6 Å². The first kappa shape index (κ1) is 17.1. The Labute approximate surface area is 140 Å². The average Bonchev–Trinajstić information content (AvgIpc) is 2.97. The Balaban J connectivity index is 1.89. The molecule has 1 aromatic heterocycles. The van der Waals surface area contributed by atoms with Crippen molar-refractivity contribution in [2.24, 2.45) is 0 Å². The van der Waals surface area contributed by atoms with Gasteiger partial charge >= 0.3 is 11.8 Å². The van der Waals surface area contributed by atoms with Crippen molar-refractivity contribution in [2.45, 2.75) is 40.2 Å². The van der Waals surface area contributed by atoms with Gasteiger partial charge in [-0.3, -0.25) is 9.59 Å². The highest BCUT2D eigenvalue weighted by Gasteiger charge is 2.14. The zero-order valence-corrected chi connectivity index (χ0v) is 14.6. The molecule has 2 aromatic rings. The van der Waals surface area contributed by atoms with Gasteiger partial charge in [0.1, 0.15) is 0 Å². The van der Waals surface area contributed by atoms with Gasteiger partial charge in [0, 0.05) is 17.0 Å². The van der Waals surface area contributed by atoms with Crippen molar-refractivity contribution in [3.63, 3.8) is 0 Å². The molecule has 0 radical (unpaired) electrons. The quantitative estimate of drug-likeness (QED) is 0.846. The Bertz CT molecular complexity index is 722. The molecule has 2 rings (SSSR count). The first-order chi connectivity index (χ1) is 10.9. The highest BCUT2D eigenvalue weighted by atomic mass is 32.1. The SMILES string of the molecule is Cc1ccc(NC(=O)C(=O)NCc2csc(C(C)C)n2)cc1C. The summed E-state index contributed by atoms with van der Waals surface area (Å²) in [5, 5.41) is 8.11. The zero-order valence-electron chi connectivity index (χ0n) is 13.8. The van der Waals surface area contributed by atoms with Gasteiger partial charge in [0.15, 0.2) is 0 Å². The summed E-state index contributed by atoms with van der Waals surface area (Å²) >= 11 is 1.56. The molecule has 0 aliphatic carbocycles. The van der Waals surface area contributed by atoms with E-state index in [2.05, 4.69) is 29.5 Å². The molecule has 0 saturated heterocycles. The molecule has 0 fully saturated rings. The minimum absolute atomic E-state index is 0.252. The zero-order chi connectivity index (χ0) is 17.0. The predicted molar refractivity (Wildman–Crippen MR) is 92.6 cm³/mol. The van der Waals surface area contributed by atoms with Crippen LogP contribution in [0.2, 0.25) is 0 Å². The van der Waals surface area contributed by atoms with Crippen molar-refractivity contribution in [3.05, 3.63) is 45.4 Å². The standard InChI is InChI=1S/C17H21N3O2S/c1-10(2)17-20-14(9-23-17)8-18-15(21)16(22)19-13-6-5-11(3)12(4)7-13/h5-7,9-10H,8H2,1-4H3,(H,18,21)(H,19,22). The molecule has 0 aliphatic heterocycles. The van der Waals surface area contributed by atoms with Crippen molar-refractivity contribution in [1.82, 2.24) is 10.3 Å². The van der Waals surface area contributed by atoms with E-state index < -0.39 is 11.8 Å². The highest BCUT2D eigenvalue weighted by Crippen LogP contribution is 2.19. The minimum atomic E-state index is -0.674. The van der Waals surface area contributed by atoms with Gasteiger partial charge in [-0.15, -0.1) is 11.3 Å². The molecular weight excluding hydrogens is 310 g/mol. The van der Waals surface area contributed by atoms with Crippen LogP contribution in [0.3, 0.4) is 0 Å². The Hall–Kier alpha value is -2.21. The van der Waals surface area contributed by atoms with Gasteiger partial charge in [0.25, 0.3) is 0 Å². The van der Waals surface area contributed by atoms with Crippen LogP contribution in [0, 0.1) is 13.8 Å². The van der Waals surface area contributed by atoms with E-state index in [0.717, 1.165) is 21.8 Å². The molecule has 2 amide bonds. The topological polar surface area (TPSA) is 71.1 Å². The van der Waals surface area contributed by atoms with Crippen LogP contribution in [0.5, 0.6) is 0 Å². The summed E-state index contributed by atoms with van der Waals surface area (Å²) in [6, 6.07) is 5.53. The van der Waals surface area contributed by atoms with E-state index in [9.17, 15) is 9.59 Å². The number of thiazole rings is 1. The minimum Gasteiger partial charge on any atom is -0.342 e. The maximum atomic E-state index is 11.9. The van der Waals surface area contributed by atoms with Crippen LogP contribution in [-0.4, -0.2) is 16.8 Å². The summed E-state index contributed by atoms with van der Waals surface area (Å²) in [5.41, 5.74) is 3.58. The molecule has 1 aromatic carbocycles. The summed E-state index contributed by atoms with van der Waals surface area (Å²) in [6.07, 6.45) is 0. The van der Waals surface area contributed by atoms with E-state index >= 15 is 0 Å². The van der Waals surface area contributed by atoms with Gasteiger partial charge < -0.3 is 10.6 Å². The summed E-state index contributed by atoms with van der Waals surface area (Å²) in [4.78, 5) is 28.2. The van der Waals surface area contributed by atoms with E-state index in [-0.39, 0.29) is 6.54 Å². The molecule has 0 aliphatic rings. The molecule has 0 spiro atoms. The molecular formula is C17H21N3O2S. The third-order valence-corrected chi connectivity index (χ3v) is 4.66. The summed E-state index contributed by atoms with van der Waals surface area (Å²) in [7, 11) is 0. The van der Waals surface area contributed by atoms with Crippen LogP contribution < -0.4 is 10.6 Å². The number of hydrogen-bond acceptors (Lipinski definition) is 4. The van der Waals surface area contributed by atoms with Crippen LogP contribution >= 0.6 is 11.3 Å². The lowest BCUT2D eigenvalue weighted by Gasteiger charge is -2.07. The molecule has 1 heterocycles. The number of amides is 2. The van der Waals surface area contributed by atoms with Crippen molar-refractivity contribution < 1.29 is 9.59 Å². The number of anilines is 1. The van der Waals surface area contributed by atoms with E-state index in [1.54, 1.807) is 17.4 Å². The molecule has 23 heavy (non-hydrogen) atoms. The predicted octanol–water partition coefficient (Wildman–Crippen LogP) is 3.14. The van der Waals surface area contributed by atoms with E-state index in [4.69, 9.17) is 0 Å². The lowest BCUT2D eigenvalue weighted by Crippen LogP contribution is -2.35. The maximum absolute atomic E-state index is 11.9. The fourth-order valence-electron chi connectivity index (χ4n) is 1.93. The molecule has 0 bridgehead atoms. The summed E-state index contributed by atoms with van der Waals surface area (Å²) in [5.74, 6) is -0.979. The van der Waals surface area contributed by atoms with E-state index in [1.807, 2.05) is 31.4 Å². The first-order valence-corrected chi connectivity index (χ1v) is 8.35. The fourth-order valence-corrected chi connectivity index (χ4v) is 2.76.